The molecule has 1 aliphatic rings. The van der Waals surface area contributed by atoms with Gasteiger partial charge in [0.2, 0.25) is 0 Å². The van der Waals surface area contributed by atoms with Crippen LogP contribution in [0.4, 0.5) is 5.82 Å². The van der Waals surface area contributed by atoms with Gasteiger partial charge in [-0.2, -0.15) is 14.6 Å². The molecule has 0 aromatic carbocycles. The third-order valence-electron chi connectivity index (χ3n) is 4.76. The molecule has 4 rings (SSSR count). The maximum atomic E-state index is 4.50. The number of likely N-dealkylation sites (tertiary alicyclic amines) is 1. The Morgan fingerprint density at radius 2 is 2.00 bits per heavy atom. The number of aryl methyl sites for hydroxylation is 1. The van der Waals surface area contributed by atoms with E-state index in [4.69, 9.17) is 0 Å². The summed E-state index contributed by atoms with van der Waals surface area (Å²) in [5, 5.41) is 7.95. The van der Waals surface area contributed by atoms with Gasteiger partial charge < -0.3 is 5.32 Å². The van der Waals surface area contributed by atoms with Crippen molar-refractivity contribution in [2.45, 2.75) is 38.8 Å². The summed E-state index contributed by atoms with van der Waals surface area (Å²) in [6.07, 6.45) is 8.41. The van der Waals surface area contributed by atoms with Crippen molar-refractivity contribution in [1.29, 1.82) is 0 Å². The molecule has 0 bridgehead atoms. The fourth-order valence-corrected chi connectivity index (χ4v) is 3.34. The van der Waals surface area contributed by atoms with Gasteiger partial charge in [0.05, 0.1) is 0 Å². The van der Waals surface area contributed by atoms with E-state index in [1.807, 2.05) is 12.4 Å². The van der Waals surface area contributed by atoms with E-state index in [0.29, 0.717) is 11.8 Å². The lowest BCUT2D eigenvalue weighted by Gasteiger charge is -2.32. The van der Waals surface area contributed by atoms with Crippen LogP contribution < -0.4 is 5.32 Å². The number of nitrogens with zero attached hydrogens (tertiary/aromatic N) is 6. The number of pyridine rings is 1. The monoisotopic (exact) mass is 337 g/mol. The Morgan fingerprint density at radius 1 is 1.20 bits per heavy atom. The van der Waals surface area contributed by atoms with Gasteiger partial charge in [-0.1, -0.05) is 6.92 Å². The summed E-state index contributed by atoms with van der Waals surface area (Å²) in [6, 6.07) is 6.72. The molecule has 130 valence electrons. The van der Waals surface area contributed by atoms with Crippen molar-refractivity contribution in [2.24, 2.45) is 0 Å². The van der Waals surface area contributed by atoms with Crippen molar-refractivity contribution in [3.8, 4) is 0 Å². The molecule has 7 heteroatoms. The van der Waals surface area contributed by atoms with E-state index in [1.165, 1.54) is 5.56 Å². The molecule has 0 spiro atoms. The number of nitrogens with one attached hydrogen (secondary N) is 1. The van der Waals surface area contributed by atoms with Crippen LogP contribution in [0.25, 0.3) is 5.78 Å². The first kappa shape index (κ1) is 16.0. The average molecular weight is 337 g/mol. The third kappa shape index (κ3) is 3.61. The van der Waals surface area contributed by atoms with Crippen molar-refractivity contribution < 1.29 is 0 Å². The van der Waals surface area contributed by atoms with Crippen LogP contribution in [0.15, 0.2) is 36.9 Å². The van der Waals surface area contributed by atoms with Crippen molar-refractivity contribution >= 4 is 11.6 Å². The summed E-state index contributed by atoms with van der Waals surface area (Å²) in [5.41, 5.74) is 2.37. The highest BCUT2D eigenvalue weighted by Gasteiger charge is 2.20. The zero-order valence-electron chi connectivity index (χ0n) is 14.5. The predicted octanol–water partition coefficient (Wildman–Crippen LogP) is 2.16. The lowest BCUT2D eigenvalue weighted by atomic mass is 10.0. The van der Waals surface area contributed by atoms with Gasteiger partial charge in [-0.15, -0.1) is 0 Å². The zero-order chi connectivity index (χ0) is 17.1. The molecule has 1 aliphatic heterocycles. The Balaban J connectivity index is 1.39. The van der Waals surface area contributed by atoms with Crippen LogP contribution in [0.1, 0.15) is 31.0 Å². The lowest BCUT2D eigenvalue weighted by molar-refractivity contribution is 0.211. The van der Waals surface area contributed by atoms with Crippen molar-refractivity contribution in [2.75, 3.05) is 18.4 Å². The van der Waals surface area contributed by atoms with Crippen LogP contribution in [-0.4, -0.2) is 48.6 Å². The van der Waals surface area contributed by atoms with Gasteiger partial charge >= 0.3 is 0 Å². The SMILES string of the molecule is CCc1cc(NC2CCN(Cc3ccncc3)CC2)n2ncnc2n1. The molecular formula is C18H23N7. The smallest absolute Gasteiger partial charge is 0.254 e. The van der Waals surface area contributed by atoms with Gasteiger partial charge in [0.25, 0.3) is 5.78 Å². The summed E-state index contributed by atoms with van der Waals surface area (Å²) in [5.74, 6) is 1.66. The Labute approximate surface area is 147 Å². The van der Waals surface area contributed by atoms with Gasteiger partial charge in [-0.25, -0.2) is 4.98 Å². The highest BCUT2D eigenvalue weighted by molar-refractivity contribution is 5.45. The van der Waals surface area contributed by atoms with E-state index in [-0.39, 0.29) is 0 Å². The Hall–Kier alpha value is -2.54. The maximum Gasteiger partial charge on any atom is 0.254 e. The molecule has 1 N–H and O–H groups in total. The van der Waals surface area contributed by atoms with E-state index in [0.717, 1.165) is 50.4 Å². The minimum atomic E-state index is 0.452. The van der Waals surface area contributed by atoms with Crippen molar-refractivity contribution in [3.63, 3.8) is 0 Å². The lowest BCUT2D eigenvalue weighted by Crippen LogP contribution is -2.39. The van der Waals surface area contributed by atoms with E-state index >= 15 is 0 Å². The highest BCUT2D eigenvalue weighted by atomic mass is 15.4. The van der Waals surface area contributed by atoms with Gasteiger partial charge in [0.15, 0.2) is 0 Å². The standard InChI is InChI=1S/C18H23N7/c1-2-15-11-17(25-18(23-15)20-13-21-25)22-16-5-9-24(10-6-16)12-14-3-7-19-8-4-14/h3-4,7-8,11,13,16,22H,2,5-6,9-10,12H2,1H3. The molecule has 25 heavy (non-hydrogen) atoms. The number of hydrogen-bond acceptors (Lipinski definition) is 6. The molecule has 7 nitrogen and oxygen atoms in total. The largest absolute Gasteiger partial charge is 0.367 e. The summed E-state index contributed by atoms with van der Waals surface area (Å²) in [6.45, 7) is 5.28. The first-order valence-corrected chi connectivity index (χ1v) is 8.89. The molecule has 0 aliphatic carbocycles. The molecule has 0 unspecified atom stereocenters. The fourth-order valence-electron chi connectivity index (χ4n) is 3.34. The Morgan fingerprint density at radius 3 is 2.76 bits per heavy atom. The fraction of sp³-hybridized carbons (Fsp3) is 0.444. The number of fused-ring (bicyclic) bond motifs is 1. The molecule has 0 atom stereocenters. The summed E-state index contributed by atoms with van der Waals surface area (Å²) in [4.78, 5) is 15.3. The number of hydrogen-bond donors (Lipinski definition) is 1. The second kappa shape index (κ2) is 7.14. The van der Waals surface area contributed by atoms with Crippen LogP contribution >= 0.6 is 0 Å². The molecule has 0 radical (unpaired) electrons. The molecule has 4 heterocycles. The maximum absolute atomic E-state index is 4.50. The van der Waals surface area contributed by atoms with E-state index in [1.54, 1.807) is 10.8 Å². The van der Waals surface area contributed by atoms with Crippen LogP contribution in [0.3, 0.4) is 0 Å². The molecule has 3 aromatic heterocycles. The topological polar surface area (TPSA) is 71.2 Å². The van der Waals surface area contributed by atoms with Crippen LogP contribution in [0, 0.1) is 0 Å². The average Bonchev–Trinajstić information content (AvgIpc) is 3.13. The van der Waals surface area contributed by atoms with Crippen LogP contribution in [0.2, 0.25) is 0 Å². The van der Waals surface area contributed by atoms with E-state index in [9.17, 15) is 0 Å². The second-order valence-corrected chi connectivity index (χ2v) is 6.51. The summed E-state index contributed by atoms with van der Waals surface area (Å²) in [7, 11) is 0. The van der Waals surface area contributed by atoms with Gasteiger partial charge in [-0.3, -0.25) is 9.88 Å². The van der Waals surface area contributed by atoms with Crippen LogP contribution in [-0.2, 0) is 13.0 Å². The van der Waals surface area contributed by atoms with E-state index < -0.39 is 0 Å². The third-order valence-corrected chi connectivity index (χ3v) is 4.76. The predicted molar refractivity (Wildman–Crippen MR) is 96.3 cm³/mol. The van der Waals surface area contributed by atoms with Crippen molar-refractivity contribution in [1.82, 2.24) is 29.5 Å². The molecule has 0 amide bonds. The quantitative estimate of drug-likeness (QED) is 0.769. The minimum Gasteiger partial charge on any atom is -0.367 e. The zero-order valence-corrected chi connectivity index (χ0v) is 14.5. The highest BCUT2D eigenvalue weighted by Crippen LogP contribution is 2.19. The van der Waals surface area contributed by atoms with Gasteiger partial charge in [0.1, 0.15) is 12.1 Å². The number of anilines is 1. The number of rotatable bonds is 5. The molecule has 3 aromatic rings. The molecule has 0 saturated carbocycles. The van der Waals surface area contributed by atoms with E-state index in [2.05, 4.69) is 55.4 Å². The summed E-state index contributed by atoms with van der Waals surface area (Å²) < 4.78 is 1.79. The summed E-state index contributed by atoms with van der Waals surface area (Å²) >= 11 is 0. The second-order valence-electron chi connectivity index (χ2n) is 6.51. The normalized spacial score (nSPS) is 16.4. The number of piperidine rings is 1. The minimum absolute atomic E-state index is 0.452. The van der Waals surface area contributed by atoms with Crippen LogP contribution in [0.5, 0.6) is 0 Å². The molecule has 1 saturated heterocycles. The van der Waals surface area contributed by atoms with Gasteiger partial charge in [-0.05, 0) is 37.0 Å². The Kier molecular flexibility index (Phi) is 4.56. The Bertz CT molecular complexity index is 822. The first-order chi connectivity index (χ1) is 12.3. The first-order valence-electron chi connectivity index (χ1n) is 8.89. The molecule has 1 fully saturated rings. The molecular weight excluding hydrogens is 314 g/mol. The van der Waals surface area contributed by atoms with Gasteiger partial charge in [0, 0.05) is 49.8 Å². The van der Waals surface area contributed by atoms with Crippen molar-refractivity contribution in [3.05, 3.63) is 48.2 Å². The number of aromatic nitrogens is 5.